The van der Waals surface area contributed by atoms with Crippen LogP contribution in [0.2, 0.25) is 5.02 Å². The van der Waals surface area contributed by atoms with Gasteiger partial charge in [-0.1, -0.05) is 41.4 Å². The number of halogens is 1. The molecule has 2 aromatic rings. The van der Waals surface area contributed by atoms with Gasteiger partial charge in [0.1, 0.15) is 0 Å². The molecule has 0 fully saturated rings. The normalized spacial score (nSPS) is 10.8. The van der Waals surface area contributed by atoms with Crippen LogP contribution in [0.4, 0.5) is 5.69 Å². The third-order valence-electron chi connectivity index (χ3n) is 4.52. The van der Waals surface area contributed by atoms with Gasteiger partial charge in [-0.3, -0.25) is 14.5 Å². The number of carbonyl (C=O) groups excluding carboxylic acids is 2. The molecule has 0 spiro atoms. The highest BCUT2D eigenvalue weighted by Crippen LogP contribution is 2.21. The van der Waals surface area contributed by atoms with Crippen molar-refractivity contribution in [2.24, 2.45) is 0 Å². The SMILES string of the molecule is Cc1cc(C)c(NC(=O)CN(C)CC(=O)N(C)Cc2ccc(Cl)cc2)c(C)c1. The number of rotatable bonds is 7. The topological polar surface area (TPSA) is 52.7 Å². The maximum atomic E-state index is 12.4. The van der Waals surface area contributed by atoms with Crippen LogP contribution in [0.5, 0.6) is 0 Å². The lowest BCUT2D eigenvalue weighted by molar-refractivity contribution is -0.131. The number of carbonyl (C=O) groups is 2. The first-order chi connectivity index (χ1) is 13.2. The Balaban J connectivity index is 1.86. The molecule has 0 bridgehead atoms. The van der Waals surface area contributed by atoms with E-state index in [9.17, 15) is 9.59 Å². The van der Waals surface area contributed by atoms with Gasteiger partial charge in [-0.15, -0.1) is 0 Å². The number of amides is 2. The van der Waals surface area contributed by atoms with Gasteiger partial charge in [-0.25, -0.2) is 0 Å². The third-order valence-corrected chi connectivity index (χ3v) is 4.77. The Bertz CT molecular complexity index is 826. The fourth-order valence-corrected chi connectivity index (χ4v) is 3.29. The summed E-state index contributed by atoms with van der Waals surface area (Å²) in [5.41, 5.74) is 5.08. The molecular formula is C22H28ClN3O2. The molecule has 2 rings (SSSR count). The first-order valence-corrected chi connectivity index (χ1v) is 9.58. The number of benzene rings is 2. The molecule has 0 saturated carbocycles. The maximum absolute atomic E-state index is 12.4. The van der Waals surface area contributed by atoms with Crippen molar-refractivity contribution < 1.29 is 9.59 Å². The van der Waals surface area contributed by atoms with E-state index < -0.39 is 0 Å². The summed E-state index contributed by atoms with van der Waals surface area (Å²) < 4.78 is 0. The Morgan fingerprint density at radius 2 is 1.54 bits per heavy atom. The molecule has 0 unspecified atom stereocenters. The lowest BCUT2D eigenvalue weighted by Gasteiger charge is -2.22. The summed E-state index contributed by atoms with van der Waals surface area (Å²) in [5, 5.41) is 3.64. The first kappa shape index (κ1) is 21.9. The molecule has 150 valence electrons. The third kappa shape index (κ3) is 6.36. The highest BCUT2D eigenvalue weighted by atomic mass is 35.5. The fraction of sp³-hybridized carbons (Fsp3) is 0.364. The lowest BCUT2D eigenvalue weighted by Crippen LogP contribution is -2.39. The fourth-order valence-electron chi connectivity index (χ4n) is 3.16. The van der Waals surface area contributed by atoms with Gasteiger partial charge in [0.2, 0.25) is 11.8 Å². The predicted octanol–water partition coefficient (Wildman–Crippen LogP) is 3.79. The highest BCUT2D eigenvalue weighted by Gasteiger charge is 2.15. The zero-order chi connectivity index (χ0) is 20.8. The molecule has 0 atom stereocenters. The number of aryl methyl sites for hydroxylation is 3. The second-order valence-corrected chi connectivity index (χ2v) is 7.81. The molecule has 0 aliphatic heterocycles. The average molecular weight is 402 g/mol. The van der Waals surface area contributed by atoms with Gasteiger partial charge >= 0.3 is 0 Å². The van der Waals surface area contributed by atoms with Crippen molar-refractivity contribution in [3.05, 3.63) is 63.7 Å². The quantitative estimate of drug-likeness (QED) is 0.767. The molecule has 0 aromatic heterocycles. The van der Waals surface area contributed by atoms with Crippen molar-refractivity contribution in [3.8, 4) is 0 Å². The zero-order valence-corrected chi connectivity index (χ0v) is 17.9. The zero-order valence-electron chi connectivity index (χ0n) is 17.2. The number of anilines is 1. The van der Waals surface area contributed by atoms with Crippen LogP contribution in [0.15, 0.2) is 36.4 Å². The summed E-state index contributed by atoms with van der Waals surface area (Å²) in [4.78, 5) is 28.2. The van der Waals surface area contributed by atoms with Crippen LogP contribution in [0.25, 0.3) is 0 Å². The Morgan fingerprint density at radius 1 is 0.964 bits per heavy atom. The second kappa shape index (κ2) is 9.71. The Labute approximate surface area is 172 Å². The van der Waals surface area contributed by atoms with Gasteiger partial charge in [0, 0.05) is 24.3 Å². The average Bonchev–Trinajstić information content (AvgIpc) is 2.59. The largest absolute Gasteiger partial charge is 0.340 e. The van der Waals surface area contributed by atoms with E-state index in [0.29, 0.717) is 11.6 Å². The van der Waals surface area contributed by atoms with Crippen LogP contribution >= 0.6 is 11.6 Å². The Kier molecular flexibility index (Phi) is 7.61. The molecular weight excluding hydrogens is 374 g/mol. The molecule has 0 radical (unpaired) electrons. The summed E-state index contributed by atoms with van der Waals surface area (Å²) in [5.74, 6) is -0.182. The Hall–Kier alpha value is -2.37. The molecule has 0 saturated heterocycles. The summed E-state index contributed by atoms with van der Waals surface area (Å²) in [6, 6.07) is 11.5. The van der Waals surface area contributed by atoms with Gasteiger partial charge in [-0.05, 0) is 56.6 Å². The van der Waals surface area contributed by atoms with Crippen molar-refractivity contribution in [1.82, 2.24) is 9.80 Å². The first-order valence-electron chi connectivity index (χ1n) is 9.20. The monoisotopic (exact) mass is 401 g/mol. The van der Waals surface area contributed by atoms with Crippen LogP contribution in [0, 0.1) is 20.8 Å². The molecule has 1 N–H and O–H groups in total. The van der Waals surface area contributed by atoms with E-state index in [1.165, 1.54) is 5.56 Å². The minimum atomic E-state index is -0.134. The number of nitrogens with zero attached hydrogens (tertiary/aromatic N) is 2. The number of hydrogen-bond acceptors (Lipinski definition) is 3. The smallest absolute Gasteiger partial charge is 0.238 e. The van der Waals surface area contributed by atoms with Crippen LogP contribution in [-0.4, -0.2) is 48.8 Å². The molecule has 0 aliphatic carbocycles. The van der Waals surface area contributed by atoms with Crippen LogP contribution in [0.1, 0.15) is 22.3 Å². The summed E-state index contributed by atoms with van der Waals surface area (Å²) in [6.07, 6.45) is 0. The summed E-state index contributed by atoms with van der Waals surface area (Å²) in [6.45, 7) is 6.81. The molecule has 6 heteroatoms. The molecule has 0 heterocycles. The van der Waals surface area contributed by atoms with Gasteiger partial charge in [-0.2, -0.15) is 0 Å². The number of hydrogen-bond donors (Lipinski definition) is 1. The summed E-state index contributed by atoms with van der Waals surface area (Å²) in [7, 11) is 3.52. The van der Waals surface area contributed by atoms with Crippen molar-refractivity contribution in [2.75, 3.05) is 32.5 Å². The summed E-state index contributed by atoms with van der Waals surface area (Å²) >= 11 is 5.89. The van der Waals surface area contributed by atoms with Crippen LogP contribution in [-0.2, 0) is 16.1 Å². The van der Waals surface area contributed by atoms with Gasteiger partial charge < -0.3 is 10.2 Å². The van der Waals surface area contributed by atoms with Crippen molar-refractivity contribution in [2.45, 2.75) is 27.3 Å². The van der Waals surface area contributed by atoms with E-state index in [1.807, 2.05) is 45.0 Å². The van der Waals surface area contributed by atoms with Crippen molar-refractivity contribution in [3.63, 3.8) is 0 Å². The maximum Gasteiger partial charge on any atom is 0.238 e. The minimum absolute atomic E-state index is 0.0482. The molecule has 0 aliphatic rings. The van der Waals surface area contributed by atoms with Crippen LogP contribution in [0.3, 0.4) is 0 Å². The van der Waals surface area contributed by atoms with Gasteiger partial charge in [0.05, 0.1) is 13.1 Å². The van der Waals surface area contributed by atoms with Crippen LogP contribution < -0.4 is 5.32 Å². The van der Waals surface area contributed by atoms with E-state index in [2.05, 4.69) is 5.32 Å². The van der Waals surface area contributed by atoms with Crippen molar-refractivity contribution >= 4 is 29.1 Å². The van der Waals surface area contributed by atoms with E-state index >= 15 is 0 Å². The number of nitrogens with one attached hydrogen (secondary N) is 1. The second-order valence-electron chi connectivity index (χ2n) is 7.37. The lowest BCUT2D eigenvalue weighted by atomic mass is 10.1. The standard InChI is InChI=1S/C22H28ClN3O2/c1-15-10-16(2)22(17(3)11-15)24-20(27)13-25(4)14-21(28)26(5)12-18-6-8-19(23)9-7-18/h6-11H,12-14H2,1-5H3,(H,24,27). The van der Waals surface area contributed by atoms with Gasteiger partial charge in [0.25, 0.3) is 0 Å². The van der Waals surface area contributed by atoms with Crippen molar-refractivity contribution in [1.29, 1.82) is 0 Å². The van der Waals surface area contributed by atoms with E-state index in [-0.39, 0.29) is 24.9 Å². The highest BCUT2D eigenvalue weighted by molar-refractivity contribution is 6.30. The van der Waals surface area contributed by atoms with E-state index in [4.69, 9.17) is 11.6 Å². The molecule has 2 amide bonds. The molecule has 2 aromatic carbocycles. The van der Waals surface area contributed by atoms with E-state index in [1.54, 1.807) is 36.0 Å². The molecule has 5 nitrogen and oxygen atoms in total. The predicted molar refractivity (Wildman–Crippen MR) is 115 cm³/mol. The minimum Gasteiger partial charge on any atom is -0.340 e. The molecule has 28 heavy (non-hydrogen) atoms. The van der Waals surface area contributed by atoms with E-state index in [0.717, 1.165) is 22.4 Å². The number of likely N-dealkylation sites (N-methyl/N-ethyl adjacent to an activating group) is 2. The van der Waals surface area contributed by atoms with Gasteiger partial charge in [0.15, 0.2) is 0 Å². The Morgan fingerprint density at radius 3 is 2.11 bits per heavy atom.